The highest BCUT2D eigenvalue weighted by atomic mass is 79.9. The molecule has 19 heavy (non-hydrogen) atoms. The Kier molecular flexibility index (Phi) is 6.29. The molecule has 1 aromatic carbocycles. The van der Waals surface area contributed by atoms with Crippen molar-refractivity contribution < 1.29 is 17.9 Å². The number of nitrogens with one attached hydrogen (secondary N) is 1. The molecular weight excluding hydrogens is 323 g/mol. The van der Waals surface area contributed by atoms with Crippen LogP contribution in [0.5, 0.6) is 0 Å². The molecule has 0 aliphatic heterocycles. The third kappa shape index (κ3) is 6.94. The Bertz CT molecular complexity index is 378. The Balaban J connectivity index is 2.70. The predicted octanol–water partition coefficient (Wildman–Crippen LogP) is 4.07. The Morgan fingerprint density at radius 1 is 1.21 bits per heavy atom. The van der Waals surface area contributed by atoms with Crippen LogP contribution in [-0.4, -0.2) is 25.4 Å². The molecule has 0 heterocycles. The number of hydrogen-bond donors (Lipinski definition) is 1. The minimum atomic E-state index is -4.31. The van der Waals surface area contributed by atoms with Crippen LogP contribution in [0.1, 0.15) is 25.5 Å². The Hall–Kier alpha value is -0.590. The van der Waals surface area contributed by atoms with Gasteiger partial charge in [-0.15, -0.1) is 0 Å². The summed E-state index contributed by atoms with van der Waals surface area (Å²) in [6.07, 6.45) is -4.93. The largest absolute Gasteiger partial charge is 0.411 e. The molecule has 0 aromatic heterocycles. The van der Waals surface area contributed by atoms with Crippen LogP contribution >= 0.6 is 15.9 Å². The maximum Gasteiger partial charge on any atom is 0.411 e. The van der Waals surface area contributed by atoms with Crippen LogP contribution in [0.2, 0.25) is 0 Å². The third-order valence-electron chi connectivity index (χ3n) is 2.40. The standard InChI is InChI=1S/C13H17BrF3NO/c1-9(2)18-7-12(19-8-13(15,16)17)10-3-5-11(14)6-4-10/h3-6,9,12,18H,7-8H2,1-2H3. The monoisotopic (exact) mass is 339 g/mol. The number of ether oxygens (including phenoxy) is 1. The molecule has 0 saturated carbocycles. The molecule has 6 heteroatoms. The summed E-state index contributed by atoms with van der Waals surface area (Å²) in [6, 6.07) is 7.27. The first-order valence-electron chi connectivity index (χ1n) is 5.95. The summed E-state index contributed by atoms with van der Waals surface area (Å²) < 4.78 is 42.6. The lowest BCUT2D eigenvalue weighted by Gasteiger charge is -2.21. The summed E-state index contributed by atoms with van der Waals surface area (Å²) in [5, 5.41) is 3.09. The van der Waals surface area contributed by atoms with Crippen LogP contribution in [0, 0.1) is 0 Å². The first-order valence-corrected chi connectivity index (χ1v) is 6.74. The average Bonchev–Trinajstić information content (AvgIpc) is 2.29. The van der Waals surface area contributed by atoms with Gasteiger partial charge in [0, 0.05) is 17.1 Å². The summed E-state index contributed by atoms with van der Waals surface area (Å²) in [5.74, 6) is 0. The van der Waals surface area contributed by atoms with Gasteiger partial charge >= 0.3 is 6.18 Å². The summed E-state index contributed by atoms with van der Waals surface area (Å²) in [7, 11) is 0. The minimum absolute atomic E-state index is 0.187. The van der Waals surface area contributed by atoms with Gasteiger partial charge in [-0.1, -0.05) is 41.9 Å². The van der Waals surface area contributed by atoms with E-state index < -0.39 is 18.9 Å². The van der Waals surface area contributed by atoms with Crippen LogP contribution in [0.25, 0.3) is 0 Å². The molecule has 0 saturated heterocycles. The maximum absolute atomic E-state index is 12.2. The summed E-state index contributed by atoms with van der Waals surface area (Å²) in [5.41, 5.74) is 0.723. The third-order valence-corrected chi connectivity index (χ3v) is 2.93. The molecule has 108 valence electrons. The van der Waals surface area contributed by atoms with Crippen molar-refractivity contribution in [3.8, 4) is 0 Å². The van der Waals surface area contributed by atoms with E-state index in [4.69, 9.17) is 4.74 Å². The lowest BCUT2D eigenvalue weighted by atomic mass is 10.1. The van der Waals surface area contributed by atoms with Crippen molar-refractivity contribution in [3.05, 3.63) is 34.3 Å². The fourth-order valence-corrected chi connectivity index (χ4v) is 1.75. The molecule has 0 aliphatic rings. The first kappa shape index (κ1) is 16.5. The van der Waals surface area contributed by atoms with E-state index >= 15 is 0 Å². The fourth-order valence-electron chi connectivity index (χ4n) is 1.49. The molecule has 1 rings (SSSR count). The molecule has 2 nitrogen and oxygen atoms in total. The van der Waals surface area contributed by atoms with Gasteiger partial charge < -0.3 is 10.1 Å². The molecular formula is C13H17BrF3NO. The van der Waals surface area contributed by atoms with Crippen LogP contribution in [-0.2, 0) is 4.74 Å². The average molecular weight is 340 g/mol. The number of benzene rings is 1. The normalized spacial score (nSPS) is 13.8. The number of alkyl halides is 3. The van der Waals surface area contributed by atoms with Gasteiger partial charge in [-0.05, 0) is 17.7 Å². The molecule has 0 fully saturated rings. The van der Waals surface area contributed by atoms with Gasteiger partial charge in [0.25, 0.3) is 0 Å². The number of halogens is 4. The van der Waals surface area contributed by atoms with Crippen LogP contribution in [0.4, 0.5) is 13.2 Å². The van der Waals surface area contributed by atoms with E-state index in [1.54, 1.807) is 24.3 Å². The highest BCUT2D eigenvalue weighted by Crippen LogP contribution is 2.23. The zero-order valence-corrected chi connectivity index (χ0v) is 12.4. The first-order chi connectivity index (χ1) is 8.78. The molecule has 0 aliphatic carbocycles. The van der Waals surface area contributed by atoms with Crippen LogP contribution in [0.3, 0.4) is 0 Å². The molecule has 1 unspecified atom stereocenters. The van der Waals surface area contributed by atoms with Crippen LogP contribution in [0.15, 0.2) is 28.7 Å². The Morgan fingerprint density at radius 2 is 1.79 bits per heavy atom. The second kappa shape index (κ2) is 7.26. The molecule has 1 N–H and O–H groups in total. The van der Waals surface area contributed by atoms with Gasteiger partial charge in [0.2, 0.25) is 0 Å². The molecule has 1 aromatic rings. The molecule has 0 spiro atoms. The van der Waals surface area contributed by atoms with Crippen molar-refractivity contribution in [2.75, 3.05) is 13.2 Å². The SMILES string of the molecule is CC(C)NCC(OCC(F)(F)F)c1ccc(Br)cc1. The smallest absolute Gasteiger partial charge is 0.363 e. The lowest BCUT2D eigenvalue weighted by Crippen LogP contribution is -2.31. The van der Waals surface area contributed by atoms with E-state index in [9.17, 15) is 13.2 Å². The van der Waals surface area contributed by atoms with Crippen molar-refractivity contribution in [2.24, 2.45) is 0 Å². The lowest BCUT2D eigenvalue weighted by molar-refractivity contribution is -0.185. The van der Waals surface area contributed by atoms with Crippen molar-refractivity contribution in [2.45, 2.75) is 32.2 Å². The van der Waals surface area contributed by atoms with E-state index in [2.05, 4.69) is 21.2 Å². The van der Waals surface area contributed by atoms with Gasteiger partial charge in [-0.25, -0.2) is 0 Å². The van der Waals surface area contributed by atoms with Crippen molar-refractivity contribution in [1.82, 2.24) is 5.32 Å². The molecule has 0 amide bonds. The van der Waals surface area contributed by atoms with Gasteiger partial charge in [0.05, 0.1) is 6.10 Å². The Morgan fingerprint density at radius 3 is 2.26 bits per heavy atom. The van der Waals surface area contributed by atoms with E-state index in [0.717, 1.165) is 10.0 Å². The van der Waals surface area contributed by atoms with Gasteiger partial charge in [0.1, 0.15) is 6.61 Å². The molecule has 1 atom stereocenters. The second-order valence-corrected chi connectivity index (χ2v) is 5.44. The van der Waals surface area contributed by atoms with E-state index in [-0.39, 0.29) is 6.04 Å². The highest BCUT2D eigenvalue weighted by molar-refractivity contribution is 9.10. The summed E-state index contributed by atoms with van der Waals surface area (Å²) in [6.45, 7) is 2.97. The van der Waals surface area contributed by atoms with Crippen molar-refractivity contribution in [1.29, 1.82) is 0 Å². The minimum Gasteiger partial charge on any atom is -0.363 e. The predicted molar refractivity (Wildman–Crippen MR) is 72.0 cm³/mol. The summed E-state index contributed by atoms with van der Waals surface area (Å²) in [4.78, 5) is 0. The van der Waals surface area contributed by atoms with Gasteiger partial charge in [0.15, 0.2) is 0 Å². The van der Waals surface area contributed by atoms with E-state index in [0.29, 0.717) is 6.54 Å². The zero-order chi connectivity index (χ0) is 14.5. The topological polar surface area (TPSA) is 21.3 Å². The molecule has 0 bridgehead atoms. The summed E-state index contributed by atoms with van der Waals surface area (Å²) >= 11 is 3.29. The molecule has 0 radical (unpaired) electrons. The maximum atomic E-state index is 12.2. The van der Waals surface area contributed by atoms with Crippen LogP contribution < -0.4 is 5.32 Å². The quantitative estimate of drug-likeness (QED) is 0.843. The number of rotatable bonds is 6. The Labute approximate surface area is 119 Å². The second-order valence-electron chi connectivity index (χ2n) is 4.53. The number of hydrogen-bond acceptors (Lipinski definition) is 2. The van der Waals surface area contributed by atoms with E-state index in [1.165, 1.54) is 0 Å². The van der Waals surface area contributed by atoms with Crippen molar-refractivity contribution in [3.63, 3.8) is 0 Å². The van der Waals surface area contributed by atoms with Crippen molar-refractivity contribution >= 4 is 15.9 Å². The van der Waals surface area contributed by atoms with E-state index in [1.807, 2.05) is 13.8 Å². The van der Waals surface area contributed by atoms with Gasteiger partial charge in [-0.3, -0.25) is 0 Å². The fraction of sp³-hybridized carbons (Fsp3) is 0.538. The van der Waals surface area contributed by atoms with Gasteiger partial charge in [-0.2, -0.15) is 13.2 Å². The zero-order valence-electron chi connectivity index (χ0n) is 10.8. The highest BCUT2D eigenvalue weighted by Gasteiger charge is 2.29.